The van der Waals surface area contributed by atoms with Crippen LogP contribution in [0.1, 0.15) is 23.1 Å². The lowest BCUT2D eigenvalue weighted by atomic mass is 10.0. The average Bonchev–Trinajstić information content (AvgIpc) is 2.42. The van der Waals surface area contributed by atoms with Crippen LogP contribution in [0.3, 0.4) is 0 Å². The molecule has 0 aromatic heterocycles. The molecule has 1 fully saturated rings. The second-order valence-corrected chi connectivity index (χ2v) is 5.89. The van der Waals surface area contributed by atoms with E-state index in [4.69, 9.17) is 0 Å². The summed E-state index contributed by atoms with van der Waals surface area (Å²) in [5.74, 6) is 0. The van der Waals surface area contributed by atoms with Gasteiger partial charge in [-0.25, -0.2) is 0 Å². The van der Waals surface area contributed by atoms with Gasteiger partial charge in [-0.3, -0.25) is 0 Å². The molecule has 21 heavy (non-hydrogen) atoms. The van der Waals surface area contributed by atoms with Gasteiger partial charge in [0.2, 0.25) is 0 Å². The van der Waals surface area contributed by atoms with Crippen molar-refractivity contribution in [1.82, 2.24) is 9.80 Å². The highest BCUT2D eigenvalue weighted by Gasteiger charge is 2.30. The Hall–Kier alpha value is -1.07. The number of hydrogen-bond acceptors (Lipinski definition) is 2. The van der Waals surface area contributed by atoms with E-state index < -0.39 is 11.7 Å². The van der Waals surface area contributed by atoms with E-state index in [1.54, 1.807) is 6.07 Å². The molecular weight excluding hydrogens is 277 g/mol. The molecule has 0 atom stereocenters. The first-order chi connectivity index (χ1) is 9.86. The van der Waals surface area contributed by atoms with E-state index in [9.17, 15) is 13.2 Å². The van der Waals surface area contributed by atoms with Gasteiger partial charge < -0.3 is 9.80 Å². The Morgan fingerprint density at radius 3 is 2.38 bits per heavy atom. The van der Waals surface area contributed by atoms with Crippen molar-refractivity contribution in [3.05, 3.63) is 34.9 Å². The largest absolute Gasteiger partial charge is 0.416 e. The summed E-state index contributed by atoms with van der Waals surface area (Å²) in [6.07, 6.45) is -2.63. The molecule has 0 saturated carbocycles. The summed E-state index contributed by atoms with van der Waals surface area (Å²) in [6.45, 7) is 7.09. The molecule has 0 spiro atoms. The molecule has 2 nitrogen and oxygen atoms in total. The summed E-state index contributed by atoms with van der Waals surface area (Å²) in [5, 5.41) is 0. The number of piperazine rings is 1. The zero-order valence-corrected chi connectivity index (χ0v) is 12.7. The van der Waals surface area contributed by atoms with Crippen LogP contribution in [0.4, 0.5) is 13.2 Å². The number of benzene rings is 1. The van der Waals surface area contributed by atoms with Crippen LogP contribution >= 0.6 is 0 Å². The maximum absolute atomic E-state index is 12.7. The summed E-state index contributed by atoms with van der Waals surface area (Å²) in [7, 11) is 2.11. The van der Waals surface area contributed by atoms with Crippen LogP contribution in [-0.4, -0.2) is 49.6 Å². The molecule has 5 heteroatoms. The summed E-state index contributed by atoms with van der Waals surface area (Å²) in [4.78, 5) is 4.69. The van der Waals surface area contributed by atoms with Crippen molar-refractivity contribution >= 4 is 0 Å². The quantitative estimate of drug-likeness (QED) is 0.842. The third-order valence-electron chi connectivity index (χ3n) is 4.19. The van der Waals surface area contributed by atoms with Gasteiger partial charge in [0.25, 0.3) is 0 Å². The Morgan fingerprint density at radius 2 is 1.76 bits per heavy atom. The van der Waals surface area contributed by atoms with Crippen molar-refractivity contribution in [2.24, 2.45) is 0 Å². The predicted molar refractivity (Wildman–Crippen MR) is 78.4 cm³/mol. The van der Waals surface area contributed by atoms with E-state index in [-0.39, 0.29) is 0 Å². The minimum absolute atomic E-state index is 0.539. The Morgan fingerprint density at radius 1 is 1.10 bits per heavy atom. The van der Waals surface area contributed by atoms with E-state index in [0.29, 0.717) is 6.42 Å². The Kier molecular flexibility index (Phi) is 5.27. The molecule has 118 valence electrons. The SMILES string of the molecule is Cc1ccc(C(F)(F)F)cc1CCCN1CCN(C)CC1. The smallest absolute Gasteiger partial charge is 0.304 e. The van der Waals surface area contributed by atoms with Crippen molar-refractivity contribution in [1.29, 1.82) is 0 Å². The standard InChI is InChI=1S/C16H23F3N2/c1-13-5-6-15(16(17,18)19)12-14(13)4-3-7-21-10-8-20(2)9-11-21/h5-6,12H,3-4,7-11H2,1-2H3. The second-order valence-electron chi connectivity index (χ2n) is 5.89. The third kappa shape index (κ3) is 4.71. The number of halogens is 3. The maximum atomic E-state index is 12.7. The molecule has 0 aliphatic carbocycles. The Labute approximate surface area is 124 Å². The number of rotatable bonds is 4. The highest BCUT2D eigenvalue weighted by molar-refractivity contribution is 5.32. The van der Waals surface area contributed by atoms with Crippen LogP contribution in [-0.2, 0) is 12.6 Å². The van der Waals surface area contributed by atoms with Gasteiger partial charge in [0, 0.05) is 26.2 Å². The topological polar surface area (TPSA) is 6.48 Å². The molecule has 0 radical (unpaired) electrons. The van der Waals surface area contributed by atoms with Gasteiger partial charge >= 0.3 is 6.18 Å². The van der Waals surface area contributed by atoms with Crippen molar-refractivity contribution in [3.63, 3.8) is 0 Å². The first-order valence-corrected chi connectivity index (χ1v) is 7.44. The maximum Gasteiger partial charge on any atom is 0.416 e. The summed E-state index contributed by atoms with van der Waals surface area (Å²) < 4.78 is 38.2. The molecule has 0 unspecified atom stereocenters. The molecule has 1 aromatic carbocycles. The van der Waals surface area contributed by atoms with Crippen molar-refractivity contribution in [2.45, 2.75) is 25.9 Å². The number of likely N-dealkylation sites (N-methyl/N-ethyl adjacent to an activating group) is 1. The minimum atomic E-state index is -4.25. The van der Waals surface area contributed by atoms with E-state index in [1.165, 1.54) is 12.1 Å². The molecule has 1 aliphatic heterocycles. The Balaban J connectivity index is 1.88. The predicted octanol–water partition coefficient (Wildman–Crippen LogP) is 3.19. The second kappa shape index (κ2) is 6.79. The number of nitrogens with zero attached hydrogens (tertiary/aromatic N) is 2. The molecule has 2 rings (SSSR count). The highest BCUT2D eigenvalue weighted by Crippen LogP contribution is 2.30. The van der Waals surface area contributed by atoms with Crippen LogP contribution in [0.25, 0.3) is 0 Å². The molecule has 0 N–H and O–H groups in total. The van der Waals surface area contributed by atoms with E-state index in [0.717, 1.165) is 50.3 Å². The van der Waals surface area contributed by atoms with Gasteiger partial charge in [-0.15, -0.1) is 0 Å². The first kappa shape index (κ1) is 16.3. The molecular formula is C16H23F3N2. The van der Waals surface area contributed by atoms with Gasteiger partial charge in [-0.05, 0) is 56.6 Å². The third-order valence-corrected chi connectivity index (χ3v) is 4.19. The highest BCUT2D eigenvalue weighted by atomic mass is 19.4. The zero-order valence-electron chi connectivity index (χ0n) is 12.7. The number of hydrogen-bond donors (Lipinski definition) is 0. The minimum Gasteiger partial charge on any atom is -0.304 e. The Bertz CT molecular complexity index is 463. The fraction of sp³-hybridized carbons (Fsp3) is 0.625. The molecule has 0 amide bonds. The zero-order chi connectivity index (χ0) is 15.5. The van der Waals surface area contributed by atoms with Crippen molar-refractivity contribution in [2.75, 3.05) is 39.8 Å². The summed E-state index contributed by atoms with van der Waals surface area (Å²) in [6, 6.07) is 4.05. The van der Waals surface area contributed by atoms with Crippen LogP contribution in [0, 0.1) is 6.92 Å². The lowest BCUT2D eigenvalue weighted by Crippen LogP contribution is -2.44. The monoisotopic (exact) mass is 300 g/mol. The normalized spacial score (nSPS) is 18.1. The van der Waals surface area contributed by atoms with Crippen molar-refractivity contribution < 1.29 is 13.2 Å². The summed E-state index contributed by atoms with van der Waals surface area (Å²) in [5.41, 5.74) is 1.23. The van der Waals surface area contributed by atoms with E-state index in [2.05, 4.69) is 16.8 Å². The van der Waals surface area contributed by atoms with Gasteiger partial charge in [0.15, 0.2) is 0 Å². The fourth-order valence-electron chi connectivity index (χ4n) is 2.68. The molecule has 1 saturated heterocycles. The van der Waals surface area contributed by atoms with Gasteiger partial charge in [0.1, 0.15) is 0 Å². The fourth-order valence-corrected chi connectivity index (χ4v) is 2.68. The van der Waals surface area contributed by atoms with Crippen LogP contribution in [0.2, 0.25) is 0 Å². The molecule has 1 heterocycles. The summed E-state index contributed by atoms with van der Waals surface area (Å²) >= 11 is 0. The van der Waals surface area contributed by atoms with E-state index >= 15 is 0 Å². The first-order valence-electron chi connectivity index (χ1n) is 7.44. The van der Waals surface area contributed by atoms with E-state index in [1.807, 2.05) is 6.92 Å². The van der Waals surface area contributed by atoms with Gasteiger partial charge in [-0.1, -0.05) is 6.07 Å². The van der Waals surface area contributed by atoms with Crippen LogP contribution < -0.4 is 0 Å². The average molecular weight is 300 g/mol. The molecule has 0 bridgehead atoms. The molecule has 1 aromatic rings. The molecule has 1 aliphatic rings. The number of aryl methyl sites for hydroxylation is 2. The van der Waals surface area contributed by atoms with Gasteiger partial charge in [0.05, 0.1) is 5.56 Å². The van der Waals surface area contributed by atoms with Crippen LogP contribution in [0.15, 0.2) is 18.2 Å². The lowest BCUT2D eigenvalue weighted by Gasteiger charge is -2.32. The number of alkyl halides is 3. The van der Waals surface area contributed by atoms with Crippen molar-refractivity contribution in [3.8, 4) is 0 Å². The lowest BCUT2D eigenvalue weighted by molar-refractivity contribution is -0.137. The van der Waals surface area contributed by atoms with Crippen LogP contribution in [0.5, 0.6) is 0 Å². The van der Waals surface area contributed by atoms with Gasteiger partial charge in [-0.2, -0.15) is 13.2 Å².